The van der Waals surface area contributed by atoms with Crippen molar-refractivity contribution in [3.05, 3.63) is 89.5 Å². The number of carbonyl (C=O) groups excluding carboxylic acids is 8. The molecule has 0 spiro atoms. The van der Waals surface area contributed by atoms with Crippen molar-refractivity contribution in [1.82, 2.24) is 41.5 Å². The van der Waals surface area contributed by atoms with E-state index in [1.54, 1.807) is 32.2 Å². The van der Waals surface area contributed by atoms with Gasteiger partial charge in [0.25, 0.3) is 11.8 Å². The van der Waals surface area contributed by atoms with Crippen LogP contribution in [0, 0.1) is 23.7 Å². The van der Waals surface area contributed by atoms with E-state index in [0.29, 0.717) is 63.7 Å². The molecule has 0 radical (unpaired) electrons. The van der Waals surface area contributed by atoms with Gasteiger partial charge in [0.15, 0.2) is 0 Å². The van der Waals surface area contributed by atoms with E-state index in [2.05, 4.69) is 31.5 Å². The Hall–Kier alpha value is -6.92. The van der Waals surface area contributed by atoms with Crippen LogP contribution >= 0.6 is 0 Å². The van der Waals surface area contributed by atoms with Gasteiger partial charge in [-0.05, 0) is 130 Å². The molecule has 4 amide bonds. The van der Waals surface area contributed by atoms with Crippen molar-refractivity contribution >= 4 is 74.8 Å². The molecule has 4 N–H and O–H groups in total. The molecule has 10 bridgehead atoms. The average molecular weight is 1040 g/mol. The van der Waals surface area contributed by atoms with E-state index in [1.807, 2.05) is 96.3 Å². The number of nitrogens with zero attached hydrogens (tertiary/aromatic N) is 4. The summed E-state index contributed by atoms with van der Waals surface area (Å²) in [6, 6.07) is 12.7. The molecule has 4 aliphatic heterocycles. The van der Waals surface area contributed by atoms with Crippen LogP contribution in [0.2, 0.25) is 0 Å². The first-order valence-corrected chi connectivity index (χ1v) is 26.9. The molecule has 2 fully saturated rings. The van der Waals surface area contributed by atoms with E-state index >= 15 is 0 Å². The number of amides is 4. The number of ether oxygens (including phenoxy) is 2. The van der Waals surface area contributed by atoms with Crippen LogP contribution < -0.4 is 21.5 Å². The summed E-state index contributed by atoms with van der Waals surface area (Å²) in [6.07, 6.45) is 10.5. The fourth-order valence-corrected chi connectivity index (χ4v) is 9.94. The first kappa shape index (κ1) is 56.8. The van der Waals surface area contributed by atoms with E-state index < -0.39 is 60.1 Å². The van der Waals surface area contributed by atoms with Crippen LogP contribution in [-0.2, 0) is 54.3 Å². The first-order valence-electron chi connectivity index (χ1n) is 26.9. The van der Waals surface area contributed by atoms with E-state index in [-0.39, 0.29) is 66.3 Å². The summed E-state index contributed by atoms with van der Waals surface area (Å²) in [5.41, 5.74) is 9.28. The third-order valence-corrected chi connectivity index (χ3v) is 14.7. The van der Waals surface area contributed by atoms with Crippen LogP contribution in [0.3, 0.4) is 0 Å². The van der Waals surface area contributed by atoms with Crippen molar-refractivity contribution in [2.45, 2.75) is 156 Å². The minimum absolute atomic E-state index is 0.0248. The minimum Gasteiger partial charge on any atom is -0.457 e. The molecule has 2 aromatic heterocycles. The number of aryl methyl sites for hydroxylation is 1. The lowest BCUT2D eigenvalue weighted by Gasteiger charge is -2.35. The van der Waals surface area contributed by atoms with Gasteiger partial charge in [-0.2, -0.15) is 0 Å². The van der Waals surface area contributed by atoms with Gasteiger partial charge in [0.1, 0.15) is 47.9 Å². The molecule has 2 aromatic carbocycles. The SMILES string of the molecule is CC(C)[C@@H]1CC(=O)C/C=C/c2cc3cc(ccc3cn2)[C@@H](C)OC(=O)[C@@H]2CCCN(N2)C(=O)[C@H](C)NC1=O.CC(C)[C@@H]1CC(=O)CCCc2cc3cc(ccc3cn2)[C@@H](C)OC(=O)[C@@H]2CCCN(N2)C(=O)[C@H](C)NC1=O. The standard InChI is InChI=1S/C29H38N4O5.C29H36N4O5/c2*1-17(2)25-15-24(34)8-5-7-23-14-22-13-20(10-11-21(22)16-30-23)19(4)38-29(37)26-9-6-12-33(32-26)28(36)18(3)31-27(25)35/h10-11,13-14,16-19,25-26,32H,5-9,12,15H2,1-4H3,(H,31,35);5,7,10-11,13-14,16-19,25-26,32H,6,8-9,12,15H2,1-4H3,(H,31,35)/b;7-5+/t2*18-,19+,25-,26-/m00/s1. The highest BCUT2D eigenvalue weighted by Crippen LogP contribution is 2.28. The predicted molar refractivity (Wildman–Crippen MR) is 286 cm³/mol. The summed E-state index contributed by atoms with van der Waals surface area (Å²) < 4.78 is 11.6. The van der Waals surface area contributed by atoms with Gasteiger partial charge in [-0.25, -0.2) is 10.9 Å². The molecule has 8 atom stereocenters. The van der Waals surface area contributed by atoms with Crippen molar-refractivity contribution in [3.8, 4) is 0 Å². The van der Waals surface area contributed by atoms with Crippen LogP contribution in [0.5, 0.6) is 0 Å². The molecule has 0 saturated carbocycles. The maximum Gasteiger partial charge on any atom is 0.325 e. The Kier molecular flexibility index (Phi) is 19.2. The number of cyclic esters (lactones) is 2. The number of allylic oxidation sites excluding steroid dienone is 1. The second-order valence-corrected chi connectivity index (χ2v) is 21.4. The molecule has 406 valence electrons. The minimum atomic E-state index is -0.821. The third kappa shape index (κ3) is 14.7. The van der Waals surface area contributed by atoms with Crippen LogP contribution in [-0.4, -0.2) is 104 Å². The highest BCUT2D eigenvalue weighted by atomic mass is 16.5. The molecule has 4 aromatic rings. The maximum absolute atomic E-state index is 13.1. The summed E-state index contributed by atoms with van der Waals surface area (Å²) in [4.78, 5) is 113. The van der Waals surface area contributed by atoms with Crippen molar-refractivity contribution in [2.75, 3.05) is 13.1 Å². The number of aromatic nitrogens is 2. The smallest absolute Gasteiger partial charge is 0.325 e. The first-order chi connectivity index (χ1) is 36.2. The predicted octanol–water partition coefficient (Wildman–Crippen LogP) is 6.89. The van der Waals surface area contributed by atoms with Gasteiger partial charge in [0, 0.05) is 79.5 Å². The Balaban J connectivity index is 0.000000221. The summed E-state index contributed by atoms with van der Waals surface area (Å²) in [7, 11) is 0. The molecule has 18 heteroatoms. The van der Waals surface area contributed by atoms with Gasteiger partial charge in [0.05, 0.1) is 5.69 Å². The van der Waals surface area contributed by atoms with E-state index in [1.165, 1.54) is 10.0 Å². The number of carbonyl (C=O) groups is 8. The monoisotopic (exact) mass is 1040 g/mol. The number of pyridine rings is 2. The van der Waals surface area contributed by atoms with Crippen LogP contribution in [0.4, 0.5) is 0 Å². The quantitative estimate of drug-likeness (QED) is 0.150. The number of ketones is 2. The second-order valence-electron chi connectivity index (χ2n) is 21.4. The molecule has 0 unspecified atom stereocenters. The van der Waals surface area contributed by atoms with Crippen LogP contribution in [0.25, 0.3) is 27.6 Å². The van der Waals surface area contributed by atoms with Crippen molar-refractivity contribution in [1.29, 1.82) is 0 Å². The van der Waals surface area contributed by atoms with Gasteiger partial charge in [0.2, 0.25) is 11.8 Å². The van der Waals surface area contributed by atoms with Crippen molar-refractivity contribution in [3.63, 3.8) is 0 Å². The number of rotatable bonds is 2. The van der Waals surface area contributed by atoms with Gasteiger partial charge in [-0.1, -0.05) is 58.0 Å². The van der Waals surface area contributed by atoms with Gasteiger partial charge < -0.3 is 20.1 Å². The lowest BCUT2D eigenvalue weighted by atomic mass is 9.88. The molecule has 4 aliphatic rings. The molecule has 76 heavy (non-hydrogen) atoms. The lowest BCUT2D eigenvalue weighted by molar-refractivity contribution is -0.158. The number of benzene rings is 2. The van der Waals surface area contributed by atoms with E-state index in [4.69, 9.17) is 9.47 Å². The average Bonchev–Trinajstić information content (AvgIpc) is 3.40. The lowest BCUT2D eigenvalue weighted by Crippen LogP contribution is -2.59. The number of fused-ring (bicyclic) bond motifs is 8. The highest BCUT2D eigenvalue weighted by molar-refractivity contribution is 5.93. The van der Waals surface area contributed by atoms with Crippen molar-refractivity contribution in [2.24, 2.45) is 23.7 Å². The molecule has 6 heterocycles. The molecule has 18 nitrogen and oxygen atoms in total. The molecular formula is C58H74N8O10. The fraction of sp³-hybridized carbons (Fsp3) is 0.517. The zero-order chi connectivity index (χ0) is 54.8. The number of nitrogens with one attached hydrogen (secondary N) is 4. The Morgan fingerprint density at radius 3 is 1.57 bits per heavy atom. The number of hydrogen-bond donors (Lipinski definition) is 4. The number of esters is 2. The largest absolute Gasteiger partial charge is 0.457 e. The Labute approximate surface area is 444 Å². The highest BCUT2D eigenvalue weighted by Gasteiger charge is 2.36. The maximum atomic E-state index is 13.1. The Morgan fingerprint density at radius 2 is 1.05 bits per heavy atom. The molecule has 2 saturated heterocycles. The number of Topliss-reactive ketones (excluding diaryl/α,β-unsaturated/α-hetero) is 2. The topological polar surface area (TPSA) is 235 Å². The summed E-state index contributed by atoms with van der Waals surface area (Å²) in [5.74, 6) is -3.45. The molecule has 0 aliphatic carbocycles. The van der Waals surface area contributed by atoms with E-state index in [0.717, 1.165) is 38.4 Å². The number of hydrogen-bond acceptors (Lipinski definition) is 14. The second kappa shape index (κ2) is 25.7. The summed E-state index contributed by atoms with van der Waals surface area (Å²) >= 11 is 0. The van der Waals surface area contributed by atoms with Crippen LogP contribution in [0.15, 0.2) is 67.0 Å². The third-order valence-electron chi connectivity index (χ3n) is 14.7. The molecule has 8 rings (SSSR count). The van der Waals surface area contributed by atoms with E-state index in [9.17, 15) is 38.4 Å². The normalized spacial score (nSPS) is 26.6. The van der Waals surface area contributed by atoms with Gasteiger partial charge in [-0.15, -0.1) is 0 Å². The summed E-state index contributed by atoms with van der Waals surface area (Å²) in [5, 5.41) is 12.2. The Bertz CT molecular complexity index is 2850. The fourth-order valence-electron chi connectivity index (χ4n) is 9.94. The zero-order valence-electron chi connectivity index (χ0n) is 45.1. The Morgan fingerprint density at radius 1 is 0.566 bits per heavy atom. The van der Waals surface area contributed by atoms with Gasteiger partial charge >= 0.3 is 11.9 Å². The van der Waals surface area contributed by atoms with Crippen LogP contribution in [0.1, 0.15) is 148 Å². The number of hydrazine groups is 2. The van der Waals surface area contributed by atoms with Gasteiger partial charge in [-0.3, -0.25) is 58.3 Å². The summed E-state index contributed by atoms with van der Waals surface area (Å²) in [6.45, 7) is 15.3. The van der Waals surface area contributed by atoms with Crippen molar-refractivity contribution < 1.29 is 47.8 Å². The zero-order valence-corrected chi connectivity index (χ0v) is 45.1. The molecular weight excluding hydrogens is 969 g/mol.